The second-order valence-corrected chi connectivity index (χ2v) is 5.96. The van der Waals surface area contributed by atoms with E-state index in [1.165, 1.54) is 10.8 Å². The Morgan fingerprint density at radius 2 is 1.83 bits per heavy atom. The van der Waals surface area contributed by atoms with Crippen molar-refractivity contribution in [2.45, 2.75) is 19.4 Å². The van der Waals surface area contributed by atoms with Gasteiger partial charge in [0.2, 0.25) is 5.91 Å². The highest BCUT2D eigenvalue weighted by Crippen LogP contribution is 2.29. The van der Waals surface area contributed by atoms with Crippen LogP contribution in [0.3, 0.4) is 0 Å². The molecule has 23 heavy (non-hydrogen) atoms. The van der Waals surface area contributed by atoms with Gasteiger partial charge in [0.25, 0.3) is 0 Å². The zero-order valence-electron chi connectivity index (χ0n) is 13.1. The molecular formula is C18H23ClN2O2. The number of nitrogens with two attached hydrogens (primary N) is 1. The van der Waals surface area contributed by atoms with Gasteiger partial charge in [0.05, 0.1) is 5.41 Å². The number of carbonyl (C=O) groups is 1. The summed E-state index contributed by atoms with van der Waals surface area (Å²) >= 11 is 0. The van der Waals surface area contributed by atoms with Crippen LogP contribution in [-0.4, -0.2) is 25.7 Å². The van der Waals surface area contributed by atoms with E-state index in [9.17, 15) is 4.79 Å². The summed E-state index contributed by atoms with van der Waals surface area (Å²) in [6, 6.07) is 14.5. The number of benzene rings is 2. The van der Waals surface area contributed by atoms with Gasteiger partial charge in [-0.2, -0.15) is 0 Å². The summed E-state index contributed by atoms with van der Waals surface area (Å²) < 4.78 is 5.35. The third-order valence-electron chi connectivity index (χ3n) is 4.59. The molecule has 1 aliphatic heterocycles. The molecule has 0 aliphatic carbocycles. The van der Waals surface area contributed by atoms with Gasteiger partial charge in [-0.05, 0) is 35.2 Å². The average molecular weight is 335 g/mol. The molecular weight excluding hydrogens is 312 g/mol. The molecule has 0 saturated carbocycles. The Morgan fingerprint density at radius 1 is 1.13 bits per heavy atom. The van der Waals surface area contributed by atoms with Gasteiger partial charge in [0, 0.05) is 26.3 Å². The van der Waals surface area contributed by atoms with Crippen LogP contribution in [0, 0.1) is 5.41 Å². The summed E-state index contributed by atoms with van der Waals surface area (Å²) in [6.45, 7) is 2.13. The molecule has 1 aliphatic rings. The average Bonchev–Trinajstić information content (AvgIpc) is 2.60. The second kappa shape index (κ2) is 7.77. The highest BCUT2D eigenvalue weighted by molar-refractivity contribution is 5.85. The van der Waals surface area contributed by atoms with Crippen LogP contribution in [0.2, 0.25) is 0 Å². The first-order valence-corrected chi connectivity index (χ1v) is 7.77. The maximum absolute atomic E-state index is 12.5. The van der Waals surface area contributed by atoms with E-state index in [0.29, 0.717) is 39.1 Å². The van der Waals surface area contributed by atoms with Crippen molar-refractivity contribution < 1.29 is 9.53 Å². The summed E-state index contributed by atoms with van der Waals surface area (Å²) in [6.07, 6.45) is 1.40. The van der Waals surface area contributed by atoms with E-state index in [1.807, 2.05) is 12.1 Å². The number of hydrogen-bond donors (Lipinski definition) is 2. The Morgan fingerprint density at radius 3 is 2.52 bits per heavy atom. The van der Waals surface area contributed by atoms with Crippen molar-refractivity contribution in [1.29, 1.82) is 0 Å². The van der Waals surface area contributed by atoms with Crippen LogP contribution in [0.15, 0.2) is 42.5 Å². The van der Waals surface area contributed by atoms with Crippen molar-refractivity contribution in [1.82, 2.24) is 5.32 Å². The normalized spacial score (nSPS) is 16.6. The molecule has 1 amide bonds. The molecule has 1 heterocycles. The SMILES string of the molecule is Cl.NCC1(C(=O)NCc2ccc3ccccc3c2)CCOCC1. The molecule has 1 saturated heterocycles. The van der Waals surface area contributed by atoms with Crippen LogP contribution in [-0.2, 0) is 16.1 Å². The van der Waals surface area contributed by atoms with Gasteiger partial charge in [-0.15, -0.1) is 12.4 Å². The van der Waals surface area contributed by atoms with Crippen molar-refractivity contribution in [3.05, 3.63) is 48.0 Å². The van der Waals surface area contributed by atoms with Crippen molar-refractivity contribution in [3.8, 4) is 0 Å². The molecule has 3 rings (SSSR count). The van der Waals surface area contributed by atoms with E-state index in [1.54, 1.807) is 0 Å². The van der Waals surface area contributed by atoms with E-state index >= 15 is 0 Å². The first-order valence-electron chi connectivity index (χ1n) is 7.77. The smallest absolute Gasteiger partial charge is 0.227 e. The van der Waals surface area contributed by atoms with Crippen molar-refractivity contribution in [2.24, 2.45) is 11.1 Å². The van der Waals surface area contributed by atoms with Gasteiger partial charge in [-0.1, -0.05) is 36.4 Å². The van der Waals surface area contributed by atoms with Crippen LogP contribution < -0.4 is 11.1 Å². The zero-order chi connectivity index (χ0) is 15.4. The highest BCUT2D eigenvalue weighted by atomic mass is 35.5. The molecule has 1 fully saturated rings. The van der Waals surface area contributed by atoms with Crippen molar-refractivity contribution in [3.63, 3.8) is 0 Å². The lowest BCUT2D eigenvalue weighted by atomic mass is 9.79. The lowest BCUT2D eigenvalue weighted by molar-refractivity contribution is -0.136. The molecule has 5 heteroatoms. The Bertz CT molecular complexity index is 669. The molecule has 0 spiro atoms. The molecule has 0 radical (unpaired) electrons. The number of rotatable bonds is 4. The summed E-state index contributed by atoms with van der Waals surface area (Å²) in [4.78, 5) is 12.5. The number of ether oxygens (including phenoxy) is 1. The van der Waals surface area contributed by atoms with Gasteiger partial charge < -0.3 is 15.8 Å². The van der Waals surface area contributed by atoms with Crippen molar-refractivity contribution in [2.75, 3.05) is 19.8 Å². The first kappa shape index (κ1) is 17.7. The van der Waals surface area contributed by atoms with Crippen LogP contribution in [0.25, 0.3) is 10.8 Å². The fourth-order valence-electron chi connectivity index (χ4n) is 3.00. The number of nitrogens with one attached hydrogen (secondary N) is 1. The Kier molecular flexibility index (Phi) is 5.99. The molecule has 0 atom stereocenters. The number of fused-ring (bicyclic) bond motifs is 1. The van der Waals surface area contributed by atoms with Gasteiger partial charge in [0.1, 0.15) is 0 Å². The minimum Gasteiger partial charge on any atom is -0.381 e. The molecule has 0 bridgehead atoms. The van der Waals surface area contributed by atoms with Gasteiger partial charge >= 0.3 is 0 Å². The maximum atomic E-state index is 12.5. The molecule has 2 aromatic rings. The fourth-order valence-corrected chi connectivity index (χ4v) is 3.00. The van der Waals surface area contributed by atoms with Crippen molar-refractivity contribution >= 4 is 29.1 Å². The number of carbonyl (C=O) groups excluding carboxylic acids is 1. The van der Waals surface area contributed by atoms with E-state index in [0.717, 1.165) is 5.56 Å². The standard InChI is InChI=1S/C18H22N2O2.ClH/c19-13-18(7-9-22-10-8-18)17(21)20-12-14-5-6-15-3-1-2-4-16(15)11-14;/h1-6,11H,7-10,12-13,19H2,(H,20,21);1H. The van der Waals surface area contributed by atoms with Crippen LogP contribution >= 0.6 is 12.4 Å². The summed E-state index contributed by atoms with van der Waals surface area (Å²) in [5.74, 6) is 0.0476. The Balaban J connectivity index is 0.00000192. The van der Waals surface area contributed by atoms with E-state index in [4.69, 9.17) is 10.5 Å². The first-order chi connectivity index (χ1) is 10.7. The number of halogens is 1. The minimum atomic E-state index is -0.463. The molecule has 124 valence electrons. The molecule has 2 aromatic carbocycles. The largest absolute Gasteiger partial charge is 0.381 e. The van der Waals surface area contributed by atoms with E-state index < -0.39 is 5.41 Å². The van der Waals surface area contributed by atoms with Gasteiger partial charge in [-0.3, -0.25) is 4.79 Å². The van der Waals surface area contributed by atoms with Gasteiger partial charge in [-0.25, -0.2) is 0 Å². The summed E-state index contributed by atoms with van der Waals surface area (Å²) in [7, 11) is 0. The topological polar surface area (TPSA) is 64.4 Å². The maximum Gasteiger partial charge on any atom is 0.227 e. The molecule has 4 nitrogen and oxygen atoms in total. The Labute approximate surface area is 142 Å². The zero-order valence-corrected chi connectivity index (χ0v) is 13.9. The molecule has 0 unspecified atom stereocenters. The third kappa shape index (κ3) is 3.83. The molecule has 0 aromatic heterocycles. The fraction of sp³-hybridized carbons (Fsp3) is 0.389. The monoisotopic (exact) mass is 334 g/mol. The predicted molar refractivity (Wildman–Crippen MR) is 94.6 cm³/mol. The second-order valence-electron chi connectivity index (χ2n) is 5.96. The minimum absolute atomic E-state index is 0. The Hall–Kier alpha value is -1.62. The van der Waals surface area contributed by atoms with Gasteiger partial charge in [0.15, 0.2) is 0 Å². The van der Waals surface area contributed by atoms with E-state index in [2.05, 4.69) is 35.6 Å². The van der Waals surface area contributed by atoms with E-state index in [-0.39, 0.29) is 18.3 Å². The lowest BCUT2D eigenvalue weighted by Gasteiger charge is -2.34. The quantitative estimate of drug-likeness (QED) is 0.903. The van der Waals surface area contributed by atoms with Crippen LogP contribution in [0.1, 0.15) is 18.4 Å². The predicted octanol–water partition coefficient (Wildman–Crippen LogP) is 2.63. The summed E-state index contributed by atoms with van der Waals surface area (Å²) in [5.41, 5.74) is 6.51. The van der Waals surface area contributed by atoms with Crippen LogP contribution in [0.4, 0.5) is 0 Å². The lowest BCUT2D eigenvalue weighted by Crippen LogP contribution is -2.48. The highest BCUT2D eigenvalue weighted by Gasteiger charge is 2.38. The summed E-state index contributed by atoms with van der Waals surface area (Å²) in [5, 5.41) is 5.45. The number of hydrogen-bond acceptors (Lipinski definition) is 3. The molecule has 3 N–H and O–H groups in total. The third-order valence-corrected chi connectivity index (χ3v) is 4.59. The van der Waals surface area contributed by atoms with Crippen LogP contribution in [0.5, 0.6) is 0 Å². The number of amides is 1.